The van der Waals surface area contributed by atoms with E-state index in [-0.39, 0.29) is 11.6 Å². The highest BCUT2D eigenvalue weighted by Gasteiger charge is 2.19. The summed E-state index contributed by atoms with van der Waals surface area (Å²) in [6, 6.07) is 10.3. The first kappa shape index (κ1) is 23.3. The number of hydrogen-bond acceptors (Lipinski definition) is 6. The van der Waals surface area contributed by atoms with Gasteiger partial charge in [0.2, 0.25) is 0 Å². The number of benzene rings is 1. The first-order valence-electron chi connectivity index (χ1n) is 11.9. The molecule has 0 radical (unpaired) electrons. The number of pyridine rings is 1. The maximum Gasteiger partial charge on any atom is 0.317 e. The number of carbonyl (C=O) groups excluding carboxylic acids is 1. The van der Waals surface area contributed by atoms with Crippen LogP contribution in [-0.2, 0) is 0 Å². The van der Waals surface area contributed by atoms with Gasteiger partial charge in [-0.15, -0.1) is 11.3 Å². The molecule has 8 nitrogen and oxygen atoms in total. The first-order valence-corrected chi connectivity index (χ1v) is 12.8. The summed E-state index contributed by atoms with van der Waals surface area (Å²) in [6.07, 6.45) is 4.74. The van der Waals surface area contributed by atoms with Gasteiger partial charge in [0.25, 0.3) is 0 Å². The molecule has 0 saturated heterocycles. The Morgan fingerprint density at radius 2 is 2.06 bits per heavy atom. The van der Waals surface area contributed by atoms with E-state index in [1.807, 2.05) is 34.8 Å². The van der Waals surface area contributed by atoms with Gasteiger partial charge in [-0.25, -0.2) is 14.8 Å². The van der Waals surface area contributed by atoms with Crippen LogP contribution in [0.1, 0.15) is 32.9 Å². The number of aromatic nitrogens is 3. The van der Waals surface area contributed by atoms with Crippen molar-refractivity contribution < 1.29 is 4.79 Å². The van der Waals surface area contributed by atoms with Crippen LogP contribution in [0.15, 0.2) is 48.1 Å². The van der Waals surface area contributed by atoms with Crippen LogP contribution in [0.25, 0.3) is 26.8 Å². The second-order valence-corrected chi connectivity index (χ2v) is 10.7. The van der Waals surface area contributed by atoms with Crippen LogP contribution < -0.4 is 16.0 Å². The lowest BCUT2D eigenvalue weighted by molar-refractivity contribution is 0.202. The minimum Gasteiger partial charge on any atom is -0.355 e. The number of amides is 2. The van der Waals surface area contributed by atoms with E-state index in [1.54, 1.807) is 11.3 Å². The molecule has 4 aromatic rings. The number of fused-ring (bicyclic) bond motifs is 2. The normalized spacial score (nSPS) is 14.4. The van der Waals surface area contributed by atoms with Gasteiger partial charge in [0.1, 0.15) is 5.65 Å². The molecule has 182 valence electrons. The van der Waals surface area contributed by atoms with Crippen molar-refractivity contribution in [1.82, 2.24) is 30.5 Å². The molecule has 2 amide bonds. The smallest absolute Gasteiger partial charge is 0.317 e. The molecular weight excluding hydrogens is 458 g/mol. The summed E-state index contributed by atoms with van der Waals surface area (Å²) in [7, 11) is 0. The van der Waals surface area contributed by atoms with E-state index >= 15 is 0 Å². The average molecular weight is 490 g/mol. The zero-order chi connectivity index (χ0) is 24.4. The number of anilines is 2. The fourth-order valence-corrected chi connectivity index (χ4v) is 4.93. The molecule has 0 spiro atoms. The average Bonchev–Trinajstić information content (AvgIpc) is 3.48. The quantitative estimate of drug-likeness (QED) is 0.282. The molecule has 0 aliphatic carbocycles. The summed E-state index contributed by atoms with van der Waals surface area (Å²) in [5, 5.41) is 11.0. The lowest BCUT2D eigenvalue weighted by atomic mass is 10.0. The number of rotatable bonds is 6. The van der Waals surface area contributed by atoms with Crippen molar-refractivity contribution >= 4 is 55.6 Å². The molecule has 4 heterocycles. The third-order valence-corrected chi connectivity index (χ3v) is 6.83. The van der Waals surface area contributed by atoms with Gasteiger partial charge in [0.05, 0.1) is 21.4 Å². The number of nitrogens with zero attached hydrogens (tertiary/aromatic N) is 3. The second kappa shape index (κ2) is 9.67. The summed E-state index contributed by atoms with van der Waals surface area (Å²) >= 11 is 1.63. The van der Waals surface area contributed by atoms with Gasteiger partial charge in [-0.1, -0.05) is 6.08 Å². The van der Waals surface area contributed by atoms with E-state index in [0.717, 1.165) is 51.3 Å². The highest BCUT2D eigenvalue weighted by molar-refractivity contribution is 7.16. The molecule has 5 rings (SSSR count). The Morgan fingerprint density at radius 1 is 1.17 bits per heavy atom. The molecule has 0 bridgehead atoms. The van der Waals surface area contributed by atoms with E-state index in [2.05, 4.69) is 69.9 Å². The minimum atomic E-state index is -0.0151. The Labute approximate surface area is 208 Å². The van der Waals surface area contributed by atoms with E-state index in [4.69, 9.17) is 0 Å². The van der Waals surface area contributed by atoms with Crippen molar-refractivity contribution in [1.29, 1.82) is 0 Å². The molecule has 0 saturated carbocycles. The van der Waals surface area contributed by atoms with Crippen LogP contribution in [0.4, 0.5) is 16.2 Å². The minimum absolute atomic E-state index is 0.0151. The lowest BCUT2D eigenvalue weighted by Gasteiger charge is -2.27. The van der Waals surface area contributed by atoms with Crippen LogP contribution >= 0.6 is 11.3 Å². The predicted octanol–water partition coefficient (Wildman–Crippen LogP) is 5.10. The highest BCUT2D eigenvalue weighted by atomic mass is 32.1. The van der Waals surface area contributed by atoms with E-state index in [9.17, 15) is 4.79 Å². The Bertz CT molecular complexity index is 1380. The van der Waals surface area contributed by atoms with E-state index in [1.165, 1.54) is 5.57 Å². The number of hydrogen-bond donors (Lipinski definition) is 4. The van der Waals surface area contributed by atoms with Crippen molar-refractivity contribution in [2.24, 2.45) is 0 Å². The molecule has 0 unspecified atom stereocenters. The zero-order valence-electron chi connectivity index (χ0n) is 20.3. The fourth-order valence-electron chi connectivity index (χ4n) is 4.21. The maximum absolute atomic E-state index is 12.5. The van der Waals surface area contributed by atoms with Crippen molar-refractivity contribution in [2.45, 2.75) is 32.7 Å². The summed E-state index contributed by atoms with van der Waals surface area (Å²) in [5.41, 5.74) is 8.05. The highest BCUT2D eigenvalue weighted by Crippen LogP contribution is 2.31. The Balaban J connectivity index is 1.25. The van der Waals surface area contributed by atoms with Crippen LogP contribution in [0.2, 0.25) is 0 Å². The van der Waals surface area contributed by atoms with E-state index < -0.39 is 0 Å². The maximum atomic E-state index is 12.5. The monoisotopic (exact) mass is 489 g/mol. The first-order chi connectivity index (χ1) is 16.9. The van der Waals surface area contributed by atoms with Crippen molar-refractivity contribution in [3.63, 3.8) is 0 Å². The van der Waals surface area contributed by atoms with Crippen LogP contribution in [-0.4, -0.2) is 57.6 Å². The number of H-pyrrole nitrogens is 1. The molecule has 0 atom stereocenters. The van der Waals surface area contributed by atoms with Crippen LogP contribution in [0.3, 0.4) is 0 Å². The third kappa shape index (κ3) is 5.47. The number of nitrogens with one attached hydrogen (secondary N) is 4. The van der Waals surface area contributed by atoms with Gasteiger partial charge < -0.3 is 25.8 Å². The van der Waals surface area contributed by atoms with Gasteiger partial charge in [-0.05, 0) is 63.1 Å². The number of carbonyl (C=O) groups is 1. The van der Waals surface area contributed by atoms with Gasteiger partial charge in [-0.3, -0.25) is 0 Å². The molecular formula is C26H31N7OS. The van der Waals surface area contributed by atoms with Crippen LogP contribution in [0.5, 0.6) is 0 Å². The molecule has 3 aromatic heterocycles. The number of aromatic amines is 1. The molecule has 4 N–H and O–H groups in total. The Morgan fingerprint density at radius 3 is 2.86 bits per heavy atom. The lowest BCUT2D eigenvalue weighted by Crippen LogP contribution is -2.46. The number of urea groups is 1. The summed E-state index contributed by atoms with van der Waals surface area (Å²) in [5.74, 6) is 0. The third-order valence-electron chi connectivity index (χ3n) is 6.04. The Kier molecular flexibility index (Phi) is 6.44. The van der Waals surface area contributed by atoms with Gasteiger partial charge in [0, 0.05) is 54.7 Å². The summed E-state index contributed by atoms with van der Waals surface area (Å²) < 4.78 is 1.15. The largest absolute Gasteiger partial charge is 0.355 e. The number of thiazole rings is 1. The Hall–Kier alpha value is -3.43. The van der Waals surface area contributed by atoms with Crippen LogP contribution in [0, 0.1) is 0 Å². The van der Waals surface area contributed by atoms with Gasteiger partial charge in [0.15, 0.2) is 0 Å². The fraction of sp³-hybridized carbons (Fsp3) is 0.346. The molecule has 35 heavy (non-hydrogen) atoms. The van der Waals surface area contributed by atoms with Gasteiger partial charge in [-0.2, -0.15) is 0 Å². The SMILES string of the molecule is CC(C)(C)NCCNC(=O)N1CC=C(c2cc3c(Nc4ccc5ncsc5c4)ccnc3[nH]2)CC1. The van der Waals surface area contributed by atoms with Crippen molar-refractivity contribution in [3.05, 3.63) is 53.8 Å². The molecule has 0 fully saturated rings. The van der Waals surface area contributed by atoms with E-state index in [0.29, 0.717) is 19.6 Å². The second-order valence-electron chi connectivity index (χ2n) is 9.80. The predicted molar refractivity (Wildman–Crippen MR) is 144 cm³/mol. The zero-order valence-corrected chi connectivity index (χ0v) is 21.1. The topological polar surface area (TPSA) is 98.0 Å². The molecule has 1 aliphatic rings. The standard InChI is InChI=1S/C26H31N7OS/c1-26(2,3)30-11-10-28-25(34)33-12-7-17(8-13-33)22-15-19-20(6-9-27-24(19)32-22)31-18-4-5-21-23(14-18)35-16-29-21/h4-7,9,14-16,30H,8,10-13H2,1-3H3,(H,28,34)(H2,27,31,32). The summed E-state index contributed by atoms with van der Waals surface area (Å²) in [6.45, 7) is 9.00. The van der Waals surface area contributed by atoms with Crippen molar-refractivity contribution in [2.75, 3.05) is 31.5 Å². The van der Waals surface area contributed by atoms with Gasteiger partial charge >= 0.3 is 6.03 Å². The molecule has 9 heteroatoms. The molecule has 1 aromatic carbocycles. The summed E-state index contributed by atoms with van der Waals surface area (Å²) in [4.78, 5) is 26.7. The molecule has 1 aliphatic heterocycles. The van der Waals surface area contributed by atoms with Crippen molar-refractivity contribution in [3.8, 4) is 0 Å².